The molecule has 22 aromatic rings. The van der Waals surface area contributed by atoms with E-state index in [1.807, 2.05) is 115 Å². The van der Waals surface area contributed by atoms with Gasteiger partial charge in [-0.05, 0) is 76.8 Å². The van der Waals surface area contributed by atoms with Gasteiger partial charge in [0, 0.05) is 99.9 Å². The van der Waals surface area contributed by atoms with Gasteiger partial charge in [-0.2, -0.15) is 71.7 Å². The van der Waals surface area contributed by atoms with Gasteiger partial charge in [0.15, 0.2) is 0 Å². The fourth-order valence-electron chi connectivity index (χ4n) is 17.1. The predicted octanol–water partition coefficient (Wildman–Crippen LogP) is 26.2. The topological polar surface area (TPSA) is 70.9 Å². The van der Waals surface area contributed by atoms with Crippen molar-refractivity contribution in [1.82, 2.24) is 33.2 Å². The average Bonchev–Trinajstić information content (AvgIpc) is 1.34. The van der Waals surface area contributed by atoms with Crippen molar-refractivity contribution in [2.45, 2.75) is 19.8 Å². The van der Waals surface area contributed by atoms with E-state index in [4.69, 9.17) is 19.7 Å². The van der Waals surface area contributed by atoms with E-state index in [1.54, 1.807) is 11.3 Å². The summed E-state index contributed by atoms with van der Waals surface area (Å²) >= 11 is 1.70. The van der Waals surface area contributed by atoms with Crippen molar-refractivity contribution < 1.29 is 71.9 Å². The second-order valence-corrected chi connectivity index (χ2v) is 30.0. The second-order valence-electron chi connectivity index (χ2n) is 29.1. The number of hydrogen-bond acceptors (Lipinski definition) is 6. The maximum absolute atomic E-state index is 6.38. The Kier molecular flexibility index (Phi) is 20.5. The predicted molar refractivity (Wildman–Crippen MR) is 471 cm³/mol. The number of aryl methyl sites for hydroxylation is 2. The van der Waals surface area contributed by atoms with Gasteiger partial charge in [-0.25, -0.2) is 4.98 Å². The Morgan fingerprint density at radius 2 is 0.966 bits per heavy atom. The smallest absolute Gasteiger partial charge is 0.146 e. The molecule has 1 unspecified atom stereocenters. The third-order valence-electron chi connectivity index (χ3n) is 22.2. The van der Waals surface area contributed by atoms with Gasteiger partial charge in [-0.15, -0.1) is 198 Å². The van der Waals surface area contributed by atoms with Crippen LogP contribution in [0.3, 0.4) is 0 Å². The summed E-state index contributed by atoms with van der Waals surface area (Å²) in [4.78, 5) is 17.7. The van der Waals surface area contributed by atoms with Crippen molar-refractivity contribution in [1.29, 1.82) is 0 Å². The molecule has 9 nitrogen and oxygen atoms in total. The van der Waals surface area contributed by atoms with Gasteiger partial charge >= 0.3 is 0 Å². The fraction of sp³-hybridized carbons (Fsp3) is 0.0283. The molecule has 13 heteroatoms. The quantitative estimate of drug-likeness (QED) is 0.106. The van der Waals surface area contributed by atoms with Crippen LogP contribution >= 0.6 is 11.3 Å². The minimum Gasteiger partial charge on any atom is -0.497 e. The van der Waals surface area contributed by atoms with Crippen molar-refractivity contribution in [2.75, 3.05) is 4.90 Å². The van der Waals surface area contributed by atoms with E-state index in [0.29, 0.717) is 0 Å². The molecule has 2 aliphatic rings. The van der Waals surface area contributed by atoms with Crippen LogP contribution in [0, 0.1) is 67.9 Å². The molecule has 0 N–H and O–H groups in total. The molecule has 0 saturated carbocycles. The molecular formula is C106H63Ag3N8OS-9. The molecule has 581 valence electrons. The summed E-state index contributed by atoms with van der Waals surface area (Å²) in [6, 6.07) is 142. The Morgan fingerprint density at radius 3 is 1.68 bits per heavy atom. The molecule has 24 rings (SSSR count). The molecular weight excluding hydrogens is 1760 g/mol. The molecule has 14 aromatic carbocycles. The largest absolute Gasteiger partial charge is 0.497 e. The fourth-order valence-corrected chi connectivity index (χ4v) is 18.0. The van der Waals surface area contributed by atoms with E-state index in [1.165, 1.54) is 54.1 Å². The van der Waals surface area contributed by atoms with Crippen LogP contribution in [-0.2, 0) is 67.1 Å². The van der Waals surface area contributed by atoms with Crippen LogP contribution in [0.5, 0.6) is 11.5 Å². The summed E-state index contributed by atoms with van der Waals surface area (Å²) in [6.07, 6.45) is 3.44. The van der Waals surface area contributed by atoms with Gasteiger partial charge in [0.05, 0.1) is 22.5 Å². The minimum absolute atomic E-state index is 0. The Morgan fingerprint density at radius 1 is 0.378 bits per heavy atom. The van der Waals surface area contributed by atoms with E-state index in [0.717, 1.165) is 157 Å². The normalized spacial score (nSPS) is 12.4. The number of rotatable bonds is 9. The van der Waals surface area contributed by atoms with Gasteiger partial charge in [-0.1, -0.05) is 194 Å². The molecule has 0 amide bonds. The zero-order valence-electron chi connectivity index (χ0n) is 63.7. The first-order valence-corrected chi connectivity index (χ1v) is 39.5. The molecule has 119 heavy (non-hydrogen) atoms. The van der Waals surface area contributed by atoms with Gasteiger partial charge in [0.1, 0.15) is 28.7 Å². The molecule has 0 spiro atoms. The summed E-state index contributed by atoms with van der Waals surface area (Å²) in [5, 5.41) is 14.0. The molecule has 1 aliphatic carbocycles. The zero-order valence-corrected chi connectivity index (χ0v) is 69.0. The van der Waals surface area contributed by atoms with Gasteiger partial charge in [0.25, 0.3) is 0 Å². The van der Waals surface area contributed by atoms with Crippen molar-refractivity contribution in [3.8, 4) is 79.1 Å². The number of thiophene rings is 1. The van der Waals surface area contributed by atoms with Gasteiger partial charge in [-0.3, -0.25) is 21.3 Å². The van der Waals surface area contributed by atoms with E-state index in [9.17, 15) is 0 Å². The van der Waals surface area contributed by atoms with Crippen molar-refractivity contribution in [3.05, 3.63) is 422 Å². The standard InChI is InChI=1S/C38H21N2S.C35H23N4.C33H19N2O.3Ag/c1-2-10-24(11-3-1)34-21-20-31-28-13-6-8-16-35(28)40(38(31)39-34)25-18-19-27-26-12-4-5-15-30(26)37(32(27)22-25)33-23-41-36-17-9-7-14-29(33)36;1-23-20-24(2)37(22-23)26-16-17-29-27-12-6-9-15-32(27)39(33(29)21-26)34-19-18-30-28-13-7-8-14-31(28)38(35(30)36-34)25-10-4-3-5-11-25;1-3-11-23(12-4-1)26-16-9-15-25-21-32-30(22-27(25)26)35(29-18-7-8-19-31(29)36-32)33-20-10-17-28(34-33)24-13-5-2-6-14-24;;;/h1-10,12-21,37H;3-10,12-20H,1-2H3;1-11,13,15-21H;;;/q3*-3;;;. The van der Waals surface area contributed by atoms with Crippen molar-refractivity contribution in [3.63, 3.8) is 0 Å². The summed E-state index contributed by atoms with van der Waals surface area (Å²) in [6.45, 7) is 4.17. The van der Waals surface area contributed by atoms with Crippen LogP contribution in [0.25, 0.3) is 154 Å². The molecule has 0 saturated heterocycles. The molecule has 0 fully saturated rings. The summed E-state index contributed by atoms with van der Waals surface area (Å²) in [7, 11) is 0. The van der Waals surface area contributed by atoms with Crippen molar-refractivity contribution in [2.24, 2.45) is 0 Å². The summed E-state index contributed by atoms with van der Waals surface area (Å²) in [5.74, 6) is 3.25. The second kappa shape index (κ2) is 31.9. The Labute approximate surface area is 738 Å². The number of pyridine rings is 3. The molecule has 1 aliphatic heterocycles. The third kappa shape index (κ3) is 13.3. The summed E-state index contributed by atoms with van der Waals surface area (Å²) < 4.78 is 16.4. The average molecular weight is 1820 g/mol. The minimum atomic E-state index is 0. The Bertz CT molecular complexity index is 7620. The van der Waals surface area contributed by atoms with Crippen LogP contribution in [0.15, 0.2) is 340 Å². The molecule has 3 radical (unpaired) electrons. The van der Waals surface area contributed by atoms with Crippen LogP contribution in [0.1, 0.15) is 33.9 Å². The number of para-hydroxylation sites is 6. The number of ether oxygens (including phenoxy) is 1. The number of fused-ring (bicyclic) bond motifs is 16. The SMILES string of the molecule is Cc1[c-]n(-c2[c-]c3c(cc2)c2ccccc2n3-c2ccc3c4ccccc4n(-c4[c-]cccc4)c3n2)c(C)c1.[Ag].[Ag].[Ag].[c-]1ccccc1-c1ccc2c3ccccc3n(-c3[c-]c4c(cc3)-c3ccccc3C4c3[c-]sc4ccccc34)c2n1.[c-]1ccccc1-c1cccc(N2c3[c-]c4c(-c5[c-]cccc5)cccc4cc3Oc3ccccc32)n1. The van der Waals surface area contributed by atoms with Crippen LogP contribution in [0.2, 0.25) is 0 Å². The first-order valence-electron chi connectivity index (χ1n) is 38.7. The van der Waals surface area contributed by atoms with E-state index in [2.05, 4.69) is 316 Å². The maximum Gasteiger partial charge on any atom is 0.146 e. The monoisotopic (exact) mass is 1820 g/mol. The number of benzene rings is 14. The first-order chi connectivity index (χ1) is 57.4. The van der Waals surface area contributed by atoms with E-state index in [-0.39, 0.29) is 73.1 Å². The number of hydrogen-bond donors (Lipinski definition) is 0. The van der Waals surface area contributed by atoms with E-state index < -0.39 is 0 Å². The zero-order chi connectivity index (χ0) is 76.9. The Balaban J connectivity index is 0.000000117. The summed E-state index contributed by atoms with van der Waals surface area (Å²) in [5.41, 5.74) is 25.2. The van der Waals surface area contributed by atoms with E-state index >= 15 is 0 Å². The van der Waals surface area contributed by atoms with Crippen LogP contribution < -0.4 is 9.64 Å². The van der Waals surface area contributed by atoms with Crippen molar-refractivity contribution >= 4 is 115 Å². The van der Waals surface area contributed by atoms with Crippen LogP contribution in [0.4, 0.5) is 17.2 Å². The molecule has 1 atom stereocenters. The molecule has 8 aromatic heterocycles. The molecule has 9 heterocycles. The molecule has 0 bridgehead atoms. The van der Waals surface area contributed by atoms with Crippen LogP contribution in [-0.4, -0.2) is 33.2 Å². The number of nitrogens with zero attached hydrogens (tertiary/aromatic N) is 8. The number of anilines is 3. The first kappa shape index (κ1) is 76.2. The Hall–Kier alpha value is -12.7. The third-order valence-corrected chi connectivity index (χ3v) is 23.1. The van der Waals surface area contributed by atoms with Gasteiger partial charge < -0.3 is 27.9 Å². The number of aromatic nitrogens is 7. The maximum atomic E-state index is 6.38. The van der Waals surface area contributed by atoms with Gasteiger partial charge in [0.2, 0.25) is 0 Å².